The van der Waals surface area contributed by atoms with E-state index >= 15 is 0 Å². The first-order chi connectivity index (χ1) is 15.1. The second kappa shape index (κ2) is 9.28. The summed E-state index contributed by atoms with van der Waals surface area (Å²) in [5.74, 6) is 1.22. The van der Waals surface area contributed by atoms with Crippen LogP contribution < -0.4 is 4.74 Å². The van der Waals surface area contributed by atoms with E-state index in [1.807, 2.05) is 54.6 Å². The number of halogens is 1. The number of phenols is 1. The molecular formula is C24H19ClN4O2. The summed E-state index contributed by atoms with van der Waals surface area (Å²) in [5, 5.41) is 15.1. The maximum Gasteiger partial charge on any atom is 0.251 e. The van der Waals surface area contributed by atoms with E-state index in [0.717, 1.165) is 22.6 Å². The minimum atomic E-state index is 0.0799. The molecule has 31 heavy (non-hydrogen) atoms. The van der Waals surface area contributed by atoms with Crippen LogP contribution in [0.5, 0.6) is 11.5 Å². The predicted molar refractivity (Wildman–Crippen MR) is 124 cm³/mol. The summed E-state index contributed by atoms with van der Waals surface area (Å²) in [6, 6.07) is 22.1. The van der Waals surface area contributed by atoms with Crippen LogP contribution in [0.15, 0.2) is 89.1 Å². The Morgan fingerprint density at radius 2 is 1.77 bits per heavy atom. The van der Waals surface area contributed by atoms with E-state index in [0.29, 0.717) is 16.5 Å². The highest BCUT2D eigenvalue weighted by atomic mass is 35.5. The van der Waals surface area contributed by atoms with E-state index in [9.17, 15) is 5.11 Å². The van der Waals surface area contributed by atoms with Crippen molar-refractivity contribution < 1.29 is 9.84 Å². The zero-order chi connectivity index (χ0) is 21.6. The smallest absolute Gasteiger partial charge is 0.251 e. The molecule has 1 heterocycles. The normalized spacial score (nSPS) is 11.4. The molecule has 1 N–H and O–H groups in total. The van der Waals surface area contributed by atoms with Gasteiger partial charge in [0.25, 0.3) is 5.95 Å². The molecule has 0 aliphatic heterocycles. The highest BCUT2D eigenvalue weighted by Gasteiger charge is 2.09. The minimum absolute atomic E-state index is 0.0799. The van der Waals surface area contributed by atoms with Gasteiger partial charge in [-0.15, -0.1) is 0 Å². The lowest BCUT2D eigenvalue weighted by Gasteiger charge is -2.00. The summed E-state index contributed by atoms with van der Waals surface area (Å²) >= 11 is 6.03. The van der Waals surface area contributed by atoms with Gasteiger partial charge in [0.1, 0.15) is 11.5 Å². The number of methoxy groups -OCH3 is 1. The molecular weight excluding hydrogens is 412 g/mol. The van der Waals surface area contributed by atoms with Crippen LogP contribution in [-0.2, 0) is 0 Å². The van der Waals surface area contributed by atoms with Gasteiger partial charge in [-0.05, 0) is 48.0 Å². The molecule has 0 fully saturated rings. The number of phenolic OH excluding ortho intramolecular Hbond substituents is 1. The molecule has 0 radical (unpaired) electrons. The van der Waals surface area contributed by atoms with Gasteiger partial charge >= 0.3 is 0 Å². The number of aromatic hydroxyl groups is 1. The average Bonchev–Trinajstić information content (AvgIpc) is 3.22. The quantitative estimate of drug-likeness (QED) is 0.407. The van der Waals surface area contributed by atoms with Crippen molar-refractivity contribution in [3.63, 3.8) is 0 Å². The van der Waals surface area contributed by atoms with Crippen LogP contribution in [0.25, 0.3) is 11.3 Å². The second-order valence-corrected chi connectivity index (χ2v) is 7.05. The summed E-state index contributed by atoms with van der Waals surface area (Å²) in [6.07, 6.45) is 5.03. The van der Waals surface area contributed by atoms with Crippen molar-refractivity contribution in [2.24, 2.45) is 10.1 Å². The van der Waals surface area contributed by atoms with Crippen LogP contribution >= 0.6 is 11.6 Å². The van der Waals surface area contributed by atoms with Crippen molar-refractivity contribution in [3.05, 3.63) is 95.1 Å². The van der Waals surface area contributed by atoms with E-state index in [2.05, 4.69) is 15.1 Å². The number of aliphatic imine (C=N–C) groups is 1. The molecule has 0 atom stereocenters. The van der Waals surface area contributed by atoms with E-state index in [1.165, 1.54) is 12.3 Å². The zero-order valence-electron chi connectivity index (χ0n) is 16.7. The molecule has 0 amide bonds. The van der Waals surface area contributed by atoms with Gasteiger partial charge in [0, 0.05) is 22.4 Å². The summed E-state index contributed by atoms with van der Waals surface area (Å²) < 4.78 is 6.77. The van der Waals surface area contributed by atoms with Crippen LogP contribution in [-0.4, -0.2) is 34.3 Å². The average molecular weight is 431 g/mol. The molecule has 0 spiro atoms. The van der Waals surface area contributed by atoms with Crippen LogP contribution in [0.1, 0.15) is 11.1 Å². The fourth-order valence-corrected chi connectivity index (χ4v) is 3.04. The van der Waals surface area contributed by atoms with E-state index in [4.69, 9.17) is 16.3 Å². The first-order valence-corrected chi connectivity index (χ1v) is 9.86. The van der Waals surface area contributed by atoms with Gasteiger partial charge in [-0.3, -0.25) is 0 Å². The molecule has 4 rings (SSSR count). The Labute approximate surface area is 184 Å². The first kappa shape index (κ1) is 20.4. The Morgan fingerprint density at radius 1 is 1.00 bits per heavy atom. The molecule has 0 saturated carbocycles. The number of aromatic nitrogens is 2. The molecule has 0 bridgehead atoms. The SMILES string of the molecule is COc1ccc(/C=N\n2cc(-c3ccccc3)nc2N=Cc2cc(Cl)ccc2O)cc1. The predicted octanol–water partition coefficient (Wildman–Crippen LogP) is 5.55. The van der Waals surface area contributed by atoms with Gasteiger partial charge in [-0.2, -0.15) is 5.10 Å². The molecule has 0 unspecified atom stereocenters. The number of nitrogens with zero attached hydrogens (tertiary/aromatic N) is 4. The standard InChI is InChI=1S/C24H19ClN4O2/c1-31-21-10-7-17(8-11-21)14-27-29-16-22(18-5-3-2-4-6-18)28-24(29)26-15-19-13-20(25)9-12-23(19)30/h2-16,30H,1H3/b26-15?,27-14-. The summed E-state index contributed by atoms with van der Waals surface area (Å²) in [5.41, 5.74) is 3.07. The lowest BCUT2D eigenvalue weighted by Crippen LogP contribution is -1.90. The molecule has 3 aromatic carbocycles. The third-order valence-corrected chi connectivity index (χ3v) is 4.73. The van der Waals surface area contributed by atoms with E-state index < -0.39 is 0 Å². The Morgan fingerprint density at radius 3 is 2.52 bits per heavy atom. The molecule has 1 aromatic heterocycles. The van der Waals surface area contributed by atoms with Crippen molar-refractivity contribution in [3.8, 4) is 22.8 Å². The fourth-order valence-electron chi connectivity index (χ4n) is 2.86. The number of ether oxygens (including phenoxy) is 1. The number of hydrogen-bond acceptors (Lipinski definition) is 5. The van der Waals surface area contributed by atoms with Gasteiger partial charge in [0.15, 0.2) is 0 Å². The second-order valence-electron chi connectivity index (χ2n) is 6.62. The van der Waals surface area contributed by atoms with Crippen molar-refractivity contribution in [2.75, 3.05) is 7.11 Å². The Kier molecular flexibility index (Phi) is 6.10. The number of imidazole rings is 1. The maximum absolute atomic E-state index is 10.0. The molecule has 4 aromatic rings. The molecule has 0 saturated heterocycles. The van der Waals surface area contributed by atoms with Crippen molar-refractivity contribution >= 4 is 30.0 Å². The van der Waals surface area contributed by atoms with Crippen LogP contribution in [0.3, 0.4) is 0 Å². The molecule has 7 heteroatoms. The molecule has 6 nitrogen and oxygen atoms in total. The number of hydrogen-bond donors (Lipinski definition) is 1. The summed E-state index contributed by atoms with van der Waals surface area (Å²) in [6.45, 7) is 0. The van der Waals surface area contributed by atoms with E-state index in [1.54, 1.807) is 36.3 Å². The Bertz CT molecular complexity index is 1230. The highest BCUT2D eigenvalue weighted by Crippen LogP contribution is 2.24. The van der Waals surface area contributed by atoms with Crippen molar-refractivity contribution in [2.45, 2.75) is 0 Å². The summed E-state index contributed by atoms with van der Waals surface area (Å²) in [7, 11) is 1.63. The van der Waals surface area contributed by atoms with Crippen LogP contribution in [0.2, 0.25) is 5.02 Å². The number of rotatable bonds is 6. The highest BCUT2D eigenvalue weighted by molar-refractivity contribution is 6.30. The zero-order valence-corrected chi connectivity index (χ0v) is 17.4. The Balaban J connectivity index is 1.70. The monoisotopic (exact) mass is 430 g/mol. The lowest BCUT2D eigenvalue weighted by molar-refractivity contribution is 0.415. The van der Waals surface area contributed by atoms with Gasteiger partial charge in [0.2, 0.25) is 0 Å². The van der Waals surface area contributed by atoms with E-state index in [-0.39, 0.29) is 5.75 Å². The van der Waals surface area contributed by atoms with Crippen LogP contribution in [0, 0.1) is 0 Å². The van der Waals surface area contributed by atoms with Gasteiger partial charge in [-0.1, -0.05) is 41.9 Å². The maximum atomic E-state index is 10.0. The van der Waals surface area contributed by atoms with Gasteiger partial charge in [-0.25, -0.2) is 14.7 Å². The first-order valence-electron chi connectivity index (χ1n) is 9.48. The topological polar surface area (TPSA) is 72.0 Å². The van der Waals surface area contributed by atoms with Crippen LogP contribution in [0.4, 0.5) is 5.95 Å². The lowest BCUT2D eigenvalue weighted by atomic mass is 10.2. The molecule has 154 valence electrons. The fraction of sp³-hybridized carbons (Fsp3) is 0.0417. The Hall–Kier alpha value is -3.90. The van der Waals surface area contributed by atoms with Gasteiger partial charge < -0.3 is 9.84 Å². The molecule has 0 aliphatic carbocycles. The summed E-state index contributed by atoms with van der Waals surface area (Å²) in [4.78, 5) is 9.04. The van der Waals surface area contributed by atoms with Gasteiger partial charge in [0.05, 0.1) is 25.2 Å². The third-order valence-electron chi connectivity index (χ3n) is 4.50. The third kappa shape index (κ3) is 4.99. The minimum Gasteiger partial charge on any atom is -0.507 e. The van der Waals surface area contributed by atoms with Crippen molar-refractivity contribution in [1.82, 2.24) is 9.66 Å². The molecule has 0 aliphatic rings. The number of benzene rings is 3. The van der Waals surface area contributed by atoms with Crippen molar-refractivity contribution in [1.29, 1.82) is 0 Å². The largest absolute Gasteiger partial charge is 0.507 e.